The van der Waals surface area contributed by atoms with Gasteiger partial charge in [0.25, 0.3) is 0 Å². The van der Waals surface area contributed by atoms with Crippen LogP contribution in [-0.4, -0.2) is 60.9 Å². The first-order valence-electron chi connectivity index (χ1n) is 10.3. The fourth-order valence-electron chi connectivity index (χ4n) is 7.20. The van der Waals surface area contributed by atoms with E-state index in [-0.39, 0.29) is 23.1 Å². The Balaban J connectivity index is 1.52. The van der Waals surface area contributed by atoms with Gasteiger partial charge < -0.3 is 23.7 Å². The maximum absolute atomic E-state index is 11.7. The van der Waals surface area contributed by atoms with Gasteiger partial charge in [-0.2, -0.15) is 0 Å². The molecule has 0 N–H and O–H groups in total. The summed E-state index contributed by atoms with van der Waals surface area (Å²) in [5.74, 6) is 0.105. The number of piperidine rings is 1. The molecule has 1 saturated carbocycles. The number of carbonyl (C=O) groups is 1. The minimum Gasteiger partial charge on any atom is -0.479 e. The summed E-state index contributed by atoms with van der Waals surface area (Å²) in [4.78, 5) is 14.2. The van der Waals surface area contributed by atoms with Gasteiger partial charge in [-0.15, -0.1) is 0 Å². The molecule has 4 bridgehead atoms. The van der Waals surface area contributed by atoms with Crippen LogP contribution in [0.2, 0.25) is 0 Å². The van der Waals surface area contributed by atoms with Gasteiger partial charge in [-0.25, -0.2) is 0 Å². The van der Waals surface area contributed by atoms with Crippen molar-refractivity contribution < 1.29 is 28.5 Å². The topological polar surface area (TPSA) is 66.5 Å². The maximum Gasteiger partial charge on any atom is 0.308 e. The lowest BCUT2D eigenvalue weighted by atomic mass is 9.48. The highest BCUT2D eigenvalue weighted by atomic mass is 16.8. The SMILES string of the molecule is CC(=O)Oc1ccc2c3c1O[C@H]1C4(CC[C@]56OCN(CCC315)[C@@H]6C2)OCCO4. The molecule has 7 nitrogen and oxygen atoms in total. The molecule has 3 spiro atoms. The number of fused-ring (bicyclic) bond motifs is 1. The van der Waals surface area contributed by atoms with Crippen molar-refractivity contribution in [2.45, 2.75) is 61.6 Å². The number of nitrogens with zero attached hydrogens (tertiary/aromatic N) is 1. The van der Waals surface area contributed by atoms with Crippen LogP contribution in [0, 0.1) is 0 Å². The molecule has 4 aliphatic heterocycles. The van der Waals surface area contributed by atoms with E-state index in [1.165, 1.54) is 18.1 Å². The second kappa shape index (κ2) is 4.90. The van der Waals surface area contributed by atoms with Gasteiger partial charge in [0.2, 0.25) is 5.79 Å². The van der Waals surface area contributed by atoms with Crippen LogP contribution < -0.4 is 9.47 Å². The first kappa shape index (κ1) is 16.2. The largest absolute Gasteiger partial charge is 0.479 e. The molecule has 148 valence electrons. The summed E-state index contributed by atoms with van der Waals surface area (Å²) in [7, 11) is 0. The highest BCUT2D eigenvalue weighted by Gasteiger charge is 2.79. The van der Waals surface area contributed by atoms with Crippen molar-refractivity contribution in [1.29, 1.82) is 0 Å². The average Bonchev–Trinajstić information content (AvgIpc) is 3.32. The molecule has 7 heteroatoms. The first-order valence-corrected chi connectivity index (χ1v) is 10.3. The first-order chi connectivity index (χ1) is 13.6. The van der Waals surface area contributed by atoms with Gasteiger partial charge in [0.1, 0.15) is 6.73 Å². The number of hydrogen-bond acceptors (Lipinski definition) is 7. The van der Waals surface area contributed by atoms with Crippen LogP contribution >= 0.6 is 0 Å². The van der Waals surface area contributed by atoms with E-state index in [9.17, 15) is 4.79 Å². The molecule has 6 aliphatic rings. The van der Waals surface area contributed by atoms with Gasteiger partial charge >= 0.3 is 5.97 Å². The van der Waals surface area contributed by atoms with Gasteiger partial charge in [0.05, 0.1) is 24.2 Å². The number of hydrogen-bond donors (Lipinski definition) is 0. The molecule has 28 heavy (non-hydrogen) atoms. The van der Waals surface area contributed by atoms with E-state index in [0.29, 0.717) is 37.5 Å². The Morgan fingerprint density at radius 2 is 2.04 bits per heavy atom. The monoisotopic (exact) mass is 385 g/mol. The molecule has 7 rings (SSSR count). The van der Waals surface area contributed by atoms with E-state index in [4.69, 9.17) is 23.7 Å². The minimum atomic E-state index is -0.745. The zero-order valence-corrected chi connectivity index (χ0v) is 15.9. The Labute approximate surface area is 162 Å². The average molecular weight is 385 g/mol. The van der Waals surface area contributed by atoms with Gasteiger partial charge in [-0.1, -0.05) is 6.07 Å². The quantitative estimate of drug-likeness (QED) is 0.536. The summed E-state index contributed by atoms with van der Waals surface area (Å²) >= 11 is 0. The number of benzene rings is 1. The lowest BCUT2D eigenvalue weighted by Gasteiger charge is -2.62. The van der Waals surface area contributed by atoms with Gasteiger partial charge in [0, 0.05) is 31.5 Å². The predicted octanol–water partition coefficient (Wildman–Crippen LogP) is 1.50. The Morgan fingerprint density at radius 1 is 1.18 bits per heavy atom. The zero-order chi connectivity index (χ0) is 18.7. The molecule has 0 amide bonds. The lowest BCUT2D eigenvalue weighted by Crippen LogP contribution is -2.76. The summed E-state index contributed by atoms with van der Waals surface area (Å²) < 4.78 is 31.3. The minimum absolute atomic E-state index is 0.287. The lowest BCUT2D eigenvalue weighted by molar-refractivity contribution is -0.283. The van der Waals surface area contributed by atoms with Gasteiger partial charge in [-0.3, -0.25) is 9.69 Å². The van der Waals surface area contributed by atoms with Crippen LogP contribution in [0.1, 0.15) is 37.3 Å². The van der Waals surface area contributed by atoms with Crippen LogP contribution in [-0.2, 0) is 30.8 Å². The van der Waals surface area contributed by atoms with Crippen molar-refractivity contribution >= 4 is 5.97 Å². The van der Waals surface area contributed by atoms with Crippen LogP contribution in [0.5, 0.6) is 11.5 Å². The summed E-state index contributed by atoms with van der Waals surface area (Å²) in [6, 6.07) is 4.33. The second-order valence-electron chi connectivity index (χ2n) is 8.94. The third-order valence-electron chi connectivity index (χ3n) is 8.04. The molecule has 3 saturated heterocycles. The molecule has 2 aliphatic carbocycles. The standard InChI is InChI=1S/C21H23NO6/c1-12(23)27-14-3-2-13-10-15-20-4-5-21(24-8-9-25-21)18-19(20,16(13)17(14)28-18)6-7-22(15)11-26-20/h2-3,15,18H,4-11H2,1H3/t15-,18-,19?,20-/m1/s1. The van der Waals surface area contributed by atoms with Crippen LogP contribution in [0.25, 0.3) is 0 Å². The highest BCUT2D eigenvalue weighted by molar-refractivity contribution is 5.73. The van der Waals surface area contributed by atoms with Crippen LogP contribution in [0.3, 0.4) is 0 Å². The summed E-state index contributed by atoms with van der Waals surface area (Å²) in [5, 5.41) is 0. The molecular weight excluding hydrogens is 362 g/mol. The molecule has 2 unspecified atom stereocenters. The number of ether oxygens (including phenoxy) is 5. The number of esters is 1. The molecule has 0 radical (unpaired) electrons. The smallest absolute Gasteiger partial charge is 0.308 e. The second-order valence-corrected chi connectivity index (χ2v) is 8.94. The van der Waals surface area contributed by atoms with Crippen molar-refractivity contribution in [3.05, 3.63) is 23.3 Å². The van der Waals surface area contributed by atoms with Crippen LogP contribution in [0.4, 0.5) is 0 Å². The number of rotatable bonds is 1. The molecule has 5 atom stereocenters. The van der Waals surface area contributed by atoms with Crippen molar-refractivity contribution in [2.24, 2.45) is 0 Å². The normalized spacial score (nSPS) is 43.0. The Morgan fingerprint density at radius 3 is 2.86 bits per heavy atom. The predicted molar refractivity (Wildman–Crippen MR) is 95.2 cm³/mol. The number of carbonyl (C=O) groups excluding carboxylic acids is 1. The summed E-state index contributed by atoms with van der Waals surface area (Å²) in [5.41, 5.74) is 1.84. The van der Waals surface area contributed by atoms with E-state index < -0.39 is 5.79 Å². The van der Waals surface area contributed by atoms with E-state index >= 15 is 0 Å². The van der Waals surface area contributed by atoms with Crippen molar-refractivity contribution in [3.63, 3.8) is 0 Å². The molecule has 1 aromatic carbocycles. The maximum atomic E-state index is 11.7. The van der Waals surface area contributed by atoms with Crippen molar-refractivity contribution in [1.82, 2.24) is 4.90 Å². The van der Waals surface area contributed by atoms with Gasteiger partial charge in [-0.05, 0) is 30.9 Å². The summed E-state index contributed by atoms with van der Waals surface area (Å²) in [6.07, 6.45) is 3.24. The van der Waals surface area contributed by atoms with Crippen molar-refractivity contribution in [2.75, 3.05) is 26.5 Å². The Kier molecular flexibility index (Phi) is 2.83. The molecule has 4 fully saturated rings. The fraction of sp³-hybridized carbons (Fsp3) is 0.667. The molecule has 0 aromatic heterocycles. The molecular formula is C21H23NO6. The van der Waals surface area contributed by atoms with E-state index in [1.807, 2.05) is 6.07 Å². The Bertz CT molecular complexity index is 910. The third kappa shape index (κ3) is 1.55. The summed E-state index contributed by atoms with van der Waals surface area (Å²) in [6.45, 7) is 4.24. The fourth-order valence-corrected chi connectivity index (χ4v) is 7.20. The molecule has 4 heterocycles. The third-order valence-corrected chi connectivity index (χ3v) is 8.04. The zero-order valence-electron chi connectivity index (χ0n) is 15.9. The highest BCUT2D eigenvalue weighted by Crippen LogP contribution is 2.70. The Hall–Kier alpha value is -1.67. The molecule has 1 aromatic rings. The van der Waals surface area contributed by atoms with Crippen LogP contribution in [0.15, 0.2) is 12.1 Å². The van der Waals surface area contributed by atoms with E-state index in [1.54, 1.807) is 0 Å². The van der Waals surface area contributed by atoms with E-state index in [2.05, 4.69) is 11.0 Å². The van der Waals surface area contributed by atoms with E-state index in [0.717, 1.165) is 32.2 Å². The van der Waals surface area contributed by atoms with Crippen molar-refractivity contribution in [3.8, 4) is 11.5 Å². The van der Waals surface area contributed by atoms with Gasteiger partial charge in [0.15, 0.2) is 17.6 Å².